The van der Waals surface area contributed by atoms with Crippen molar-refractivity contribution in [1.29, 1.82) is 0 Å². The Bertz CT molecular complexity index is 482. The third kappa shape index (κ3) is 2.67. The Morgan fingerprint density at radius 3 is 2.31 bits per heavy atom. The molecule has 0 fully saturated rings. The van der Waals surface area contributed by atoms with Crippen molar-refractivity contribution in [2.45, 2.75) is 0 Å². The van der Waals surface area contributed by atoms with Crippen LogP contribution in [-0.4, -0.2) is 10.9 Å². The zero-order chi connectivity index (χ0) is 11.4. The smallest absolute Gasteiger partial charge is 0.255 e. The van der Waals surface area contributed by atoms with Gasteiger partial charge < -0.3 is 5.32 Å². The molecule has 3 nitrogen and oxygen atoms in total. The second kappa shape index (κ2) is 4.90. The molecular formula is C12H9BrN2O. The van der Waals surface area contributed by atoms with Crippen LogP contribution >= 0.6 is 15.9 Å². The first-order valence-corrected chi connectivity index (χ1v) is 5.52. The number of carbonyl (C=O) groups is 1. The van der Waals surface area contributed by atoms with E-state index in [-0.39, 0.29) is 5.91 Å². The highest BCUT2D eigenvalue weighted by Gasteiger charge is 2.04. The minimum absolute atomic E-state index is 0.135. The molecule has 80 valence electrons. The first-order chi connectivity index (χ1) is 7.75. The van der Waals surface area contributed by atoms with E-state index in [0.29, 0.717) is 5.56 Å². The van der Waals surface area contributed by atoms with E-state index in [9.17, 15) is 4.79 Å². The minimum atomic E-state index is -0.135. The van der Waals surface area contributed by atoms with Crippen molar-refractivity contribution in [3.63, 3.8) is 0 Å². The van der Waals surface area contributed by atoms with Gasteiger partial charge in [-0.25, -0.2) is 0 Å². The molecule has 0 saturated carbocycles. The van der Waals surface area contributed by atoms with Gasteiger partial charge in [-0.3, -0.25) is 9.78 Å². The van der Waals surface area contributed by atoms with Gasteiger partial charge in [0, 0.05) is 28.1 Å². The first-order valence-electron chi connectivity index (χ1n) is 4.72. The summed E-state index contributed by atoms with van der Waals surface area (Å²) in [5, 5.41) is 2.80. The Morgan fingerprint density at radius 1 is 1.06 bits per heavy atom. The number of benzene rings is 1. The van der Waals surface area contributed by atoms with Crippen LogP contribution in [0, 0.1) is 0 Å². The van der Waals surface area contributed by atoms with E-state index in [1.165, 1.54) is 0 Å². The van der Waals surface area contributed by atoms with Crippen molar-refractivity contribution in [2.75, 3.05) is 5.32 Å². The van der Waals surface area contributed by atoms with Crippen LogP contribution in [0.5, 0.6) is 0 Å². The molecule has 2 aromatic rings. The minimum Gasteiger partial charge on any atom is -0.322 e. The number of nitrogens with zero attached hydrogens (tertiary/aromatic N) is 1. The van der Waals surface area contributed by atoms with Crippen LogP contribution in [0.15, 0.2) is 53.3 Å². The average Bonchev–Trinajstić information content (AvgIpc) is 2.33. The molecule has 0 bridgehead atoms. The standard InChI is InChI=1S/C12H9BrN2O/c13-10-1-3-11(4-2-10)15-12(16)9-5-7-14-8-6-9/h1-8H,(H,15,16). The number of halogens is 1. The average molecular weight is 277 g/mol. The second-order valence-corrected chi connectivity index (χ2v) is 4.11. The molecule has 0 atom stereocenters. The molecule has 0 saturated heterocycles. The highest BCUT2D eigenvalue weighted by molar-refractivity contribution is 9.10. The van der Waals surface area contributed by atoms with Gasteiger partial charge >= 0.3 is 0 Å². The maximum atomic E-state index is 11.7. The largest absolute Gasteiger partial charge is 0.322 e. The van der Waals surface area contributed by atoms with Gasteiger partial charge in [-0.2, -0.15) is 0 Å². The molecule has 1 aromatic carbocycles. The number of nitrogens with one attached hydrogen (secondary N) is 1. The van der Waals surface area contributed by atoms with E-state index < -0.39 is 0 Å². The number of pyridine rings is 1. The van der Waals surface area contributed by atoms with Crippen molar-refractivity contribution in [1.82, 2.24) is 4.98 Å². The quantitative estimate of drug-likeness (QED) is 0.916. The van der Waals surface area contributed by atoms with Crippen molar-refractivity contribution in [3.8, 4) is 0 Å². The Balaban J connectivity index is 2.11. The fourth-order valence-corrected chi connectivity index (χ4v) is 1.50. The fourth-order valence-electron chi connectivity index (χ4n) is 1.24. The second-order valence-electron chi connectivity index (χ2n) is 3.20. The summed E-state index contributed by atoms with van der Waals surface area (Å²) in [7, 11) is 0. The van der Waals surface area contributed by atoms with Crippen LogP contribution in [-0.2, 0) is 0 Å². The molecule has 0 aliphatic heterocycles. The third-order valence-electron chi connectivity index (χ3n) is 2.04. The SMILES string of the molecule is O=C(Nc1ccc(Br)cc1)c1ccncc1. The van der Waals surface area contributed by atoms with Crippen LogP contribution in [0.1, 0.15) is 10.4 Å². The van der Waals surface area contributed by atoms with Crippen molar-refractivity contribution >= 4 is 27.5 Å². The Morgan fingerprint density at radius 2 is 1.69 bits per heavy atom. The Kier molecular flexibility index (Phi) is 3.31. The lowest BCUT2D eigenvalue weighted by molar-refractivity contribution is 0.102. The van der Waals surface area contributed by atoms with Crippen molar-refractivity contribution in [3.05, 3.63) is 58.8 Å². The van der Waals surface area contributed by atoms with Gasteiger partial charge in [0.1, 0.15) is 0 Å². The highest BCUT2D eigenvalue weighted by Crippen LogP contribution is 2.14. The van der Waals surface area contributed by atoms with Gasteiger partial charge in [-0.15, -0.1) is 0 Å². The zero-order valence-electron chi connectivity index (χ0n) is 8.35. The van der Waals surface area contributed by atoms with Gasteiger partial charge in [0.05, 0.1) is 0 Å². The predicted molar refractivity (Wildman–Crippen MR) is 66.3 cm³/mol. The zero-order valence-corrected chi connectivity index (χ0v) is 9.94. The molecule has 0 unspecified atom stereocenters. The monoisotopic (exact) mass is 276 g/mol. The predicted octanol–water partition coefficient (Wildman–Crippen LogP) is 3.10. The normalized spacial score (nSPS) is 9.81. The summed E-state index contributed by atoms with van der Waals surface area (Å²) < 4.78 is 0.981. The maximum Gasteiger partial charge on any atom is 0.255 e. The van der Waals surface area contributed by atoms with Crippen LogP contribution in [0.4, 0.5) is 5.69 Å². The van der Waals surface area contributed by atoms with Crippen LogP contribution < -0.4 is 5.32 Å². The van der Waals surface area contributed by atoms with E-state index in [1.54, 1.807) is 24.5 Å². The van der Waals surface area contributed by atoms with Gasteiger partial charge in [0.25, 0.3) is 5.91 Å². The Hall–Kier alpha value is -1.68. The van der Waals surface area contributed by atoms with Gasteiger partial charge in [-0.1, -0.05) is 15.9 Å². The number of rotatable bonds is 2. The summed E-state index contributed by atoms with van der Waals surface area (Å²) in [5.41, 5.74) is 1.36. The summed E-state index contributed by atoms with van der Waals surface area (Å²) in [6.07, 6.45) is 3.19. The number of hydrogen-bond donors (Lipinski definition) is 1. The number of aromatic nitrogens is 1. The molecule has 1 amide bonds. The third-order valence-corrected chi connectivity index (χ3v) is 2.57. The molecule has 16 heavy (non-hydrogen) atoms. The van der Waals surface area contributed by atoms with E-state index >= 15 is 0 Å². The van der Waals surface area contributed by atoms with Crippen LogP contribution in [0.2, 0.25) is 0 Å². The summed E-state index contributed by atoms with van der Waals surface area (Å²) in [6.45, 7) is 0. The molecule has 0 aliphatic rings. The lowest BCUT2D eigenvalue weighted by atomic mass is 10.2. The molecule has 4 heteroatoms. The summed E-state index contributed by atoms with van der Waals surface area (Å²) in [6, 6.07) is 10.8. The van der Waals surface area contributed by atoms with E-state index in [2.05, 4.69) is 26.2 Å². The molecule has 1 heterocycles. The van der Waals surface area contributed by atoms with Crippen molar-refractivity contribution < 1.29 is 4.79 Å². The van der Waals surface area contributed by atoms with Crippen LogP contribution in [0.3, 0.4) is 0 Å². The lowest BCUT2D eigenvalue weighted by Crippen LogP contribution is -2.11. The first kappa shape index (κ1) is 10.8. The lowest BCUT2D eigenvalue weighted by Gasteiger charge is -2.04. The number of carbonyl (C=O) groups excluding carboxylic acids is 1. The molecule has 2 rings (SSSR count). The van der Waals surface area contributed by atoms with Gasteiger partial charge in [0.2, 0.25) is 0 Å². The van der Waals surface area contributed by atoms with Crippen molar-refractivity contribution in [2.24, 2.45) is 0 Å². The van der Waals surface area contributed by atoms with Crippen LogP contribution in [0.25, 0.3) is 0 Å². The number of amides is 1. The molecular weight excluding hydrogens is 268 g/mol. The van der Waals surface area contributed by atoms with Gasteiger partial charge in [-0.05, 0) is 36.4 Å². The molecule has 0 radical (unpaired) electrons. The van der Waals surface area contributed by atoms with E-state index in [1.807, 2.05) is 24.3 Å². The fraction of sp³-hybridized carbons (Fsp3) is 0. The maximum absolute atomic E-state index is 11.7. The molecule has 1 aromatic heterocycles. The molecule has 0 spiro atoms. The topological polar surface area (TPSA) is 42.0 Å². The highest BCUT2D eigenvalue weighted by atomic mass is 79.9. The van der Waals surface area contributed by atoms with Gasteiger partial charge in [0.15, 0.2) is 0 Å². The summed E-state index contributed by atoms with van der Waals surface area (Å²) in [5.74, 6) is -0.135. The van der Waals surface area contributed by atoms with E-state index in [4.69, 9.17) is 0 Å². The molecule has 1 N–H and O–H groups in total. The summed E-state index contributed by atoms with van der Waals surface area (Å²) >= 11 is 3.34. The Labute approximate surface area is 102 Å². The van der Waals surface area contributed by atoms with E-state index in [0.717, 1.165) is 10.2 Å². The molecule has 0 aliphatic carbocycles. The summed E-state index contributed by atoms with van der Waals surface area (Å²) in [4.78, 5) is 15.6. The number of anilines is 1. The number of hydrogen-bond acceptors (Lipinski definition) is 2.